The van der Waals surface area contributed by atoms with Crippen molar-refractivity contribution < 1.29 is 0 Å². The van der Waals surface area contributed by atoms with Gasteiger partial charge in [-0.1, -0.05) is 92.7 Å². The van der Waals surface area contributed by atoms with Crippen molar-refractivity contribution in [3.05, 3.63) is 96.7 Å². The molecule has 0 N–H and O–H groups in total. The van der Waals surface area contributed by atoms with Crippen molar-refractivity contribution in [2.45, 2.75) is 19.8 Å². The number of nitrogens with zero attached hydrogens (tertiary/aromatic N) is 2. The van der Waals surface area contributed by atoms with E-state index in [-0.39, 0.29) is 0 Å². The van der Waals surface area contributed by atoms with Gasteiger partial charge in [-0.05, 0) is 39.4 Å². The molecule has 0 bridgehead atoms. The minimum absolute atomic E-state index is 0.526. The quantitative estimate of drug-likeness (QED) is 0.311. The lowest BCUT2D eigenvalue weighted by atomic mass is 9.93. The molecule has 0 aliphatic heterocycles. The third-order valence-corrected chi connectivity index (χ3v) is 5.53. The van der Waals surface area contributed by atoms with Crippen LogP contribution >= 0.6 is 0 Å². The fraction of sp³-hybridized carbons (Fsp3) is 0.111. The van der Waals surface area contributed by atoms with E-state index in [4.69, 9.17) is 4.98 Å². The van der Waals surface area contributed by atoms with Crippen molar-refractivity contribution in [3.8, 4) is 22.5 Å². The van der Waals surface area contributed by atoms with Crippen LogP contribution in [0, 0.1) is 0 Å². The second-order valence-corrected chi connectivity index (χ2v) is 7.74. The summed E-state index contributed by atoms with van der Waals surface area (Å²) in [5, 5.41) is 3.50. The molecule has 5 aromatic rings. The molecule has 5 rings (SSSR count). The Labute approximate surface area is 170 Å². The lowest BCUT2D eigenvalue weighted by Crippen LogP contribution is -1.93. The zero-order valence-corrected chi connectivity index (χ0v) is 16.6. The smallest absolute Gasteiger partial charge is 0.159 e. The standard InChI is InChI=1S/C27H22N2/c1-18(2)19-12-14-20(15-13-19)24-16-26-25(23-11-7-6-10-22(23)24)17-28-27(29-26)21-8-4-3-5-9-21/h3-18H,1-2H3. The molecule has 2 nitrogen and oxygen atoms in total. The highest BCUT2D eigenvalue weighted by Gasteiger charge is 2.11. The number of hydrogen-bond acceptors (Lipinski definition) is 2. The topological polar surface area (TPSA) is 25.8 Å². The fourth-order valence-electron chi connectivity index (χ4n) is 3.89. The van der Waals surface area contributed by atoms with E-state index in [9.17, 15) is 0 Å². The Morgan fingerprint density at radius 1 is 0.655 bits per heavy atom. The molecule has 0 unspecified atom stereocenters. The van der Waals surface area contributed by atoms with Gasteiger partial charge in [-0.3, -0.25) is 0 Å². The predicted molar refractivity (Wildman–Crippen MR) is 122 cm³/mol. The molecule has 1 aromatic heterocycles. The van der Waals surface area contributed by atoms with Crippen molar-refractivity contribution in [2.24, 2.45) is 0 Å². The fourth-order valence-corrected chi connectivity index (χ4v) is 3.89. The van der Waals surface area contributed by atoms with Crippen molar-refractivity contribution >= 4 is 21.7 Å². The molecule has 0 aliphatic rings. The summed E-state index contributed by atoms with van der Waals surface area (Å²) in [6.45, 7) is 4.45. The van der Waals surface area contributed by atoms with Gasteiger partial charge >= 0.3 is 0 Å². The first-order valence-electron chi connectivity index (χ1n) is 10.0. The summed E-state index contributed by atoms with van der Waals surface area (Å²) in [5.74, 6) is 1.29. The van der Waals surface area contributed by atoms with Gasteiger partial charge in [-0.2, -0.15) is 0 Å². The predicted octanol–water partition coefficient (Wildman–Crippen LogP) is 7.24. The van der Waals surface area contributed by atoms with E-state index in [1.807, 2.05) is 36.5 Å². The van der Waals surface area contributed by atoms with Crippen LogP contribution in [-0.2, 0) is 0 Å². The minimum atomic E-state index is 0.526. The van der Waals surface area contributed by atoms with E-state index in [0.717, 1.165) is 22.3 Å². The molecule has 140 valence electrons. The zero-order chi connectivity index (χ0) is 19.8. The van der Waals surface area contributed by atoms with Gasteiger partial charge < -0.3 is 0 Å². The number of aromatic nitrogens is 2. The van der Waals surface area contributed by atoms with Crippen molar-refractivity contribution in [2.75, 3.05) is 0 Å². The second kappa shape index (κ2) is 7.14. The maximum Gasteiger partial charge on any atom is 0.159 e. The summed E-state index contributed by atoms with van der Waals surface area (Å²) in [7, 11) is 0. The molecule has 0 saturated heterocycles. The van der Waals surface area contributed by atoms with Gasteiger partial charge in [0, 0.05) is 17.1 Å². The molecule has 0 fully saturated rings. The Kier molecular flexibility index (Phi) is 4.33. The summed E-state index contributed by atoms with van der Waals surface area (Å²) in [4.78, 5) is 9.57. The van der Waals surface area contributed by atoms with Crippen LogP contribution in [0.3, 0.4) is 0 Å². The summed E-state index contributed by atoms with van der Waals surface area (Å²) in [6.07, 6.45) is 1.96. The summed E-state index contributed by atoms with van der Waals surface area (Å²) in [6, 6.07) is 29.8. The van der Waals surface area contributed by atoms with Crippen LogP contribution in [0.25, 0.3) is 44.2 Å². The summed E-state index contributed by atoms with van der Waals surface area (Å²) in [5.41, 5.74) is 5.78. The highest BCUT2D eigenvalue weighted by atomic mass is 14.9. The Hall–Kier alpha value is -3.52. The third-order valence-electron chi connectivity index (χ3n) is 5.53. The Morgan fingerprint density at radius 2 is 1.34 bits per heavy atom. The first-order valence-corrected chi connectivity index (χ1v) is 10.0. The molecule has 2 heteroatoms. The van der Waals surface area contributed by atoms with E-state index in [1.165, 1.54) is 27.5 Å². The average Bonchev–Trinajstić information content (AvgIpc) is 2.79. The monoisotopic (exact) mass is 374 g/mol. The van der Waals surface area contributed by atoms with Gasteiger partial charge in [0.25, 0.3) is 0 Å². The van der Waals surface area contributed by atoms with Crippen LogP contribution in [-0.4, -0.2) is 9.97 Å². The molecule has 0 aliphatic carbocycles. The molecular formula is C27H22N2. The number of hydrogen-bond donors (Lipinski definition) is 0. The van der Waals surface area contributed by atoms with E-state index < -0.39 is 0 Å². The highest BCUT2D eigenvalue weighted by Crippen LogP contribution is 2.35. The molecule has 1 heterocycles. The second-order valence-electron chi connectivity index (χ2n) is 7.74. The maximum absolute atomic E-state index is 4.92. The van der Waals surface area contributed by atoms with Gasteiger partial charge in [0.1, 0.15) is 0 Å². The van der Waals surface area contributed by atoms with Gasteiger partial charge in [0.15, 0.2) is 5.82 Å². The van der Waals surface area contributed by atoms with Gasteiger partial charge in [-0.15, -0.1) is 0 Å². The molecule has 0 spiro atoms. The van der Waals surface area contributed by atoms with Gasteiger partial charge in [-0.25, -0.2) is 9.97 Å². The molecule has 0 radical (unpaired) electrons. The van der Waals surface area contributed by atoms with Gasteiger partial charge in [0.2, 0.25) is 0 Å². The van der Waals surface area contributed by atoms with E-state index in [0.29, 0.717) is 5.92 Å². The molecule has 0 atom stereocenters. The third kappa shape index (κ3) is 3.17. The lowest BCUT2D eigenvalue weighted by Gasteiger charge is -2.12. The number of fused-ring (bicyclic) bond motifs is 3. The molecule has 4 aromatic carbocycles. The molecule has 29 heavy (non-hydrogen) atoms. The summed E-state index contributed by atoms with van der Waals surface area (Å²) < 4.78 is 0. The van der Waals surface area contributed by atoms with E-state index >= 15 is 0 Å². The van der Waals surface area contributed by atoms with Crippen LogP contribution in [0.2, 0.25) is 0 Å². The van der Waals surface area contributed by atoms with Crippen LogP contribution in [0.4, 0.5) is 0 Å². The number of rotatable bonds is 3. The first kappa shape index (κ1) is 17.6. The normalized spacial score (nSPS) is 11.4. The van der Waals surface area contributed by atoms with Crippen molar-refractivity contribution in [1.82, 2.24) is 9.97 Å². The van der Waals surface area contributed by atoms with E-state index in [2.05, 4.69) is 73.4 Å². The summed E-state index contributed by atoms with van der Waals surface area (Å²) >= 11 is 0. The average molecular weight is 374 g/mol. The Morgan fingerprint density at radius 3 is 2.07 bits per heavy atom. The number of benzene rings is 4. The van der Waals surface area contributed by atoms with Gasteiger partial charge in [0.05, 0.1) is 5.52 Å². The lowest BCUT2D eigenvalue weighted by molar-refractivity contribution is 0.867. The van der Waals surface area contributed by atoms with Crippen LogP contribution in [0.15, 0.2) is 91.1 Å². The zero-order valence-electron chi connectivity index (χ0n) is 16.6. The molecule has 0 saturated carbocycles. The van der Waals surface area contributed by atoms with E-state index in [1.54, 1.807) is 0 Å². The highest BCUT2D eigenvalue weighted by molar-refractivity contribution is 6.12. The largest absolute Gasteiger partial charge is 0.236 e. The Balaban J connectivity index is 1.75. The van der Waals surface area contributed by atoms with Crippen LogP contribution < -0.4 is 0 Å². The molecule has 0 amide bonds. The van der Waals surface area contributed by atoms with Crippen molar-refractivity contribution in [1.29, 1.82) is 0 Å². The first-order chi connectivity index (χ1) is 14.2. The minimum Gasteiger partial charge on any atom is -0.236 e. The molecular weight excluding hydrogens is 352 g/mol. The Bertz CT molecular complexity index is 1300. The SMILES string of the molecule is CC(C)c1ccc(-c2cc3nc(-c4ccccc4)ncc3c3ccccc23)cc1. The van der Waals surface area contributed by atoms with Crippen molar-refractivity contribution in [3.63, 3.8) is 0 Å². The van der Waals surface area contributed by atoms with Crippen LogP contribution in [0.5, 0.6) is 0 Å². The van der Waals surface area contributed by atoms with Crippen LogP contribution in [0.1, 0.15) is 25.3 Å². The maximum atomic E-state index is 4.92.